The number of hydrogen-bond acceptors (Lipinski definition) is 3. The molecular weight excluding hydrogens is 236 g/mol. The van der Waals surface area contributed by atoms with Crippen LogP contribution in [0.4, 0.5) is 5.69 Å². The van der Waals surface area contributed by atoms with Crippen molar-refractivity contribution < 1.29 is 0 Å². The van der Waals surface area contributed by atoms with Gasteiger partial charge in [-0.15, -0.1) is 0 Å². The molecule has 102 valence electrons. The Balaban J connectivity index is 1.59. The molecule has 1 saturated heterocycles. The van der Waals surface area contributed by atoms with Crippen LogP contribution in [-0.4, -0.2) is 34.3 Å². The van der Waals surface area contributed by atoms with E-state index in [4.69, 9.17) is 5.73 Å². The van der Waals surface area contributed by atoms with Crippen LogP contribution in [0.2, 0.25) is 0 Å². The van der Waals surface area contributed by atoms with Crippen LogP contribution in [-0.2, 0) is 6.54 Å². The van der Waals surface area contributed by atoms with Gasteiger partial charge in [-0.05, 0) is 57.1 Å². The van der Waals surface area contributed by atoms with Crippen LogP contribution in [0.3, 0.4) is 0 Å². The molecule has 4 nitrogen and oxygen atoms in total. The second-order valence-corrected chi connectivity index (χ2v) is 5.44. The Bertz CT molecular complexity index is 540. The van der Waals surface area contributed by atoms with Gasteiger partial charge in [0.1, 0.15) is 0 Å². The molecule has 19 heavy (non-hydrogen) atoms. The molecule has 1 aliphatic rings. The number of aromatic nitrogens is 2. The molecule has 0 aliphatic carbocycles. The van der Waals surface area contributed by atoms with Gasteiger partial charge in [0.2, 0.25) is 0 Å². The minimum Gasteiger partial charge on any atom is -0.399 e. The second-order valence-electron chi connectivity index (χ2n) is 5.44. The van der Waals surface area contributed by atoms with Gasteiger partial charge in [0.05, 0.1) is 11.7 Å². The van der Waals surface area contributed by atoms with Crippen molar-refractivity contribution >= 4 is 16.6 Å². The zero-order valence-corrected chi connectivity index (χ0v) is 11.4. The minimum atomic E-state index is 0.806. The fourth-order valence-electron chi connectivity index (χ4n) is 2.91. The first kappa shape index (κ1) is 12.5. The highest BCUT2D eigenvalue weighted by Gasteiger charge is 2.09. The lowest BCUT2D eigenvalue weighted by Crippen LogP contribution is -2.31. The van der Waals surface area contributed by atoms with Crippen molar-refractivity contribution in [3.05, 3.63) is 24.4 Å². The van der Waals surface area contributed by atoms with Crippen LogP contribution < -0.4 is 5.73 Å². The van der Waals surface area contributed by atoms with Crippen LogP contribution in [0.1, 0.15) is 25.7 Å². The van der Waals surface area contributed by atoms with Crippen LogP contribution >= 0.6 is 0 Å². The van der Waals surface area contributed by atoms with E-state index in [1.54, 1.807) is 0 Å². The molecule has 1 aliphatic heterocycles. The van der Waals surface area contributed by atoms with Crippen molar-refractivity contribution in [1.29, 1.82) is 0 Å². The third kappa shape index (κ3) is 2.89. The highest BCUT2D eigenvalue weighted by atomic mass is 15.3. The normalized spacial score (nSPS) is 17.1. The molecule has 0 atom stereocenters. The molecule has 2 aromatic rings. The highest BCUT2D eigenvalue weighted by Crippen LogP contribution is 2.17. The van der Waals surface area contributed by atoms with E-state index >= 15 is 0 Å². The van der Waals surface area contributed by atoms with Crippen molar-refractivity contribution in [2.24, 2.45) is 0 Å². The number of rotatable bonds is 4. The van der Waals surface area contributed by atoms with E-state index in [1.165, 1.54) is 50.8 Å². The van der Waals surface area contributed by atoms with Crippen LogP contribution in [0.5, 0.6) is 0 Å². The summed E-state index contributed by atoms with van der Waals surface area (Å²) in [6.45, 7) is 4.73. The van der Waals surface area contributed by atoms with Crippen LogP contribution in [0.25, 0.3) is 10.9 Å². The number of piperidine rings is 1. The number of aryl methyl sites for hydroxylation is 1. The second kappa shape index (κ2) is 5.61. The Hall–Kier alpha value is -1.55. The lowest BCUT2D eigenvalue weighted by Gasteiger charge is -2.26. The van der Waals surface area contributed by atoms with Crippen LogP contribution in [0, 0.1) is 0 Å². The molecule has 2 heterocycles. The van der Waals surface area contributed by atoms with Gasteiger partial charge in [0.25, 0.3) is 0 Å². The Kier molecular flexibility index (Phi) is 3.69. The minimum absolute atomic E-state index is 0.806. The molecule has 0 unspecified atom stereocenters. The van der Waals surface area contributed by atoms with Crippen molar-refractivity contribution in [3.63, 3.8) is 0 Å². The Morgan fingerprint density at radius 2 is 1.95 bits per heavy atom. The fourth-order valence-corrected chi connectivity index (χ4v) is 2.91. The first-order chi connectivity index (χ1) is 9.33. The number of likely N-dealkylation sites (tertiary alicyclic amines) is 1. The van der Waals surface area contributed by atoms with Gasteiger partial charge in [0.15, 0.2) is 0 Å². The maximum Gasteiger partial charge on any atom is 0.0683 e. The van der Waals surface area contributed by atoms with E-state index in [-0.39, 0.29) is 0 Å². The summed E-state index contributed by atoms with van der Waals surface area (Å²) in [5.41, 5.74) is 7.78. The smallest absolute Gasteiger partial charge is 0.0683 e. The lowest BCUT2D eigenvalue weighted by molar-refractivity contribution is 0.222. The van der Waals surface area contributed by atoms with Crippen molar-refractivity contribution in [2.75, 3.05) is 25.4 Å². The van der Waals surface area contributed by atoms with Gasteiger partial charge in [-0.3, -0.25) is 4.68 Å². The average molecular weight is 258 g/mol. The zero-order valence-electron chi connectivity index (χ0n) is 11.4. The van der Waals surface area contributed by atoms with E-state index < -0.39 is 0 Å². The standard InChI is InChI=1S/C15H22N4/c16-14-5-6-15-13(11-14)12-17-19(15)10-4-9-18-7-2-1-3-8-18/h5-6,11-12H,1-4,7-10,16H2. The van der Waals surface area contributed by atoms with E-state index in [2.05, 4.69) is 20.7 Å². The summed E-state index contributed by atoms with van der Waals surface area (Å²) in [6.07, 6.45) is 7.21. The molecule has 0 amide bonds. The van der Waals surface area contributed by atoms with Crippen molar-refractivity contribution in [2.45, 2.75) is 32.2 Å². The molecule has 0 radical (unpaired) electrons. The Morgan fingerprint density at radius 3 is 2.79 bits per heavy atom. The van der Waals surface area contributed by atoms with E-state index in [0.717, 1.165) is 17.6 Å². The quantitative estimate of drug-likeness (QED) is 0.857. The third-order valence-corrected chi connectivity index (χ3v) is 3.96. The van der Waals surface area contributed by atoms with E-state index in [0.29, 0.717) is 0 Å². The van der Waals surface area contributed by atoms with Crippen molar-refractivity contribution in [1.82, 2.24) is 14.7 Å². The van der Waals surface area contributed by atoms with E-state index in [9.17, 15) is 0 Å². The predicted molar refractivity (Wildman–Crippen MR) is 79.1 cm³/mol. The number of nitrogens with zero attached hydrogens (tertiary/aromatic N) is 3. The van der Waals surface area contributed by atoms with Gasteiger partial charge in [-0.25, -0.2) is 0 Å². The molecule has 3 rings (SSSR count). The largest absolute Gasteiger partial charge is 0.399 e. The summed E-state index contributed by atoms with van der Waals surface area (Å²) in [5.74, 6) is 0. The molecule has 2 N–H and O–H groups in total. The fraction of sp³-hybridized carbons (Fsp3) is 0.533. The van der Waals surface area contributed by atoms with Crippen molar-refractivity contribution in [3.8, 4) is 0 Å². The Morgan fingerprint density at radius 1 is 1.11 bits per heavy atom. The van der Waals surface area contributed by atoms with Gasteiger partial charge >= 0.3 is 0 Å². The lowest BCUT2D eigenvalue weighted by atomic mass is 10.1. The maximum absolute atomic E-state index is 5.79. The van der Waals surface area contributed by atoms with Gasteiger partial charge in [-0.2, -0.15) is 5.10 Å². The molecular formula is C15H22N4. The van der Waals surface area contributed by atoms with Crippen LogP contribution in [0.15, 0.2) is 24.4 Å². The van der Waals surface area contributed by atoms with Gasteiger partial charge < -0.3 is 10.6 Å². The molecule has 0 saturated carbocycles. The molecule has 0 bridgehead atoms. The summed E-state index contributed by atoms with van der Waals surface area (Å²) >= 11 is 0. The predicted octanol–water partition coefficient (Wildman–Crippen LogP) is 2.49. The van der Waals surface area contributed by atoms with Gasteiger partial charge in [0, 0.05) is 17.6 Å². The third-order valence-electron chi connectivity index (χ3n) is 3.96. The molecule has 4 heteroatoms. The SMILES string of the molecule is Nc1ccc2c(cnn2CCCN2CCCCC2)c1. The van der Waals surface area contributed by atoms with Gasteiger partial charge in [-0.1, -0.05) is 6.42 Å². The summed E-state index contributed by atoms with van der Waals surface area (Å²) in [6, 6.07) is 6.01. The summed E-state index contributed by atoms with van der Waals surface area (Å²) < 4.78 is 2.10. The number of nitrogen functional groups attached to an aromatic ring is 1. The summed E-state index contributed by atoms with van der Waals surface area (Å²) in [4.78, 5) is 2.58. The first-order valence-electron chi connectivity index (χ1n) is 7.26. The Labute approximate surface area is 114 Å². The number of anilines is 1. The first-order valence-corrected chi connectivity index (χ1v) is 7.26. The molecule has 0 spiro atoms. The highest BCUT2D eigenvalue weighted by molar-refractivity contribution is 5.81. The maximum atomic E-state index is 5.79. The van der Waals surface area contributed by atoms with E-state index in [1.807, 2.05) is 18.3 Å². The summed E-state index contributed by atoms with van der Waals surface area (Å²) in [5, 5.41) is 5.60. The molecule has 1 aromatic carbocycles. The number of fused-ring (bicyclic) bond motifs is 1. The molecule has 1 aromatic heterocycles. The number of benzene rings is 1. The molecule has 1 fully saturated rings. The number of hydrogen-bond donors (Lipinski definition) is 1. The zero-order chi connectivity index (χ0) is 13.1. The monoisotopic (exact) mass is 258 g/mol. The summed E-state index contributed by atoms with van der Waals surface area (Å²) in [7, 11) is 0. The topological polar surface area (TPSA) is 47.1 Å². The number of nitrogens with two attached hydrogens (primary N) is 1. The average Bonchev–Trinajstić information content (AvgIpc) is 2.82.